The monoisotopic (exact) mass is 196 g/mol. The van der Waals surface area contributed by atoms with Crippen LogP contribution in [-0.4, -0.2) is 56.9 Å². The Hall–Kier alpha value is -0.690. The summed E-state index contributed by atoms with van der Waals surface area (Å²) in [6.45, 7) is 0.709. The highest BCUT2D eigenvalue weighted by atomic mass is 16.4. The van der Waals surface area contributed by atoms with Crippen LogP contribution in [0.2, 0.25) is 0 Å². The zero-order chi connectivity index (χ0) is 10.9. The van der Waals surface area contributed by atoms with Gasteiger partial charge in [-0.2, -0.15) is 0 Å². The molecule has 0 saturated heterocycles. The van der Waals surface area contributed by atoms with Crippen molar-refractivity contribution in [3.8, 4) is 0 Å². The Morgan fingerprint density at radius 3 is 1.62 bits per heavy atom. The zero-order valence-corrected chi connectivity index (χ0v) is 7.42. The van der Waals surface area contributed by atoms with E-state index in [4.69, 9.17) is 25.5 Å². The van der Waals surface area contributed by atoms with Crippen molar-refractivity contribution in [2.45, 2.75) is 25.6 Å². The average molecular weight is 196 g/mol. The first kappa shape index (κ1) is 14.8. The Kier molecular flexibility index (Phi) is 10.7. The van der Waals surface area contributed by atoms with Gasteiger partial charge in [0.1, 0.15) is 6.10 Å². The minimum atomic E-state index is -0.963. The van der Waals surface area contributed by atoms with E-state index < -0.39 is 18.2 Å². The van der Waals surface area contributed by atoms with Crippen LogP contribution >= 0.6 is 0 Å². The molecule has 0 aromatic carbocycles. The number of carbonyl (C=O) groups is 1. The van der Waals surface area contributed by atoms with Gasteiger partial charge in [0, 0.05) is 0 Å². The van der Waals surface area contributed by atoms with Crippen molar-refractivity contribution in [2.75, 3.05) is 13.2 Å². The van der Waals surface area contributed by atoms with Crippen molar-refractivity contribution >= 4 is 5.97 Å². The smallest absolute Gasteiger partial charge is 0.305 e. The lowest BCUT2D eigenvalue weighted by Crippen LogP contribution is -2.15. The standard InChI is InChI=1S/C4H8O3.C3H8O3/c1-3(5)2-4(6)7;4-1-3(6)2-5/h3,5H,2H2,1H3,(H,6,7);3-6H,1-2H2. The molecule has 0 aliphatic carbocycles. The summed E-state index contributed by atoms with van der Waals surface area (Å²) in [6.07, 6.45) is -1.84. The van der Waals surface area contributed by atoms with E-state index in [1.807, 2.05) is 0 Å². The van der Waals surface area contributed by atoms with Crippen molar-refractivity contribution in [2.24, 2.45) is 0 Å². The molecule has 0 bridgehead atoms. The van der Waals surface area contributed by atoms with Crippen LogP contribution in [0.3, 0.4) is 0 Å². The molecule has 0 amide bonds. The second-order valence-corrected chi connectivity index (χ2v) is 2.47. The molecule has 0 aromatic heterocycles. The molecule has 1 unspecified atom stereocenters. The molecule has 13 heavy (non-hydrogen) atoms. The number of carboxylic acid groups (broad SMARTS) is 1. The van der Waals surface area contributed by atoms with E-state index in [-0.39, 0.29) is 19.6 Å². The molecule has 0 rings (SSSR count). The third kappa shape index (κ3) is 18.3. The lowest BCUT2D eigenvalue weighted by Gasteiger charge is -1.96. The van der Waals surface area contributed by atoms with Crippen LogP contribution in [0, 0.1) is 0 Å². The van der Waals surface area contributed by atoms with Gasteiger partial charge in [-0.25, -0.2) is 0 Å². The number of hydrogen-bond acceptors (Lipinski definition) is 5. The van der Waals surface area contributed by atoms with Crippen molar-refractivity contribution in [3.63, 3.8) is 0 Å². The number of aliphatic hydroxyl groups is 4. The van der Waals surface area contributed by atoms with E-state index in [2.05, 4.69) is 0 Å². The van der Waals surface area contributed by atoms with E-state index in [1.54, 1.807) is 0 Å². The third-order valence-electron chi connectivity index (χ3n) is 0.892. The topological polar surface area (TPSA) is 118 Å². The molecule has 0 spiro atoms. The van der Waals surface area contributed by atoms with Gasteiger partial charge in [-0.1, -0.05) is 0 Å². The molecule has 80 valence electrons. The van der Waals surface area contributed by atoms with Gasteiger partial charge in [-0.05, 0) is 6.92 Å². The SMILES string of the molecule is CC(O)CC(=O)O.OCC(O)CO. The summed E-state index contributed by atoms with van der Waals surface area (Å²) >= 11 is 0. The molecule has 0 fully saturated rings. The lowest BCUT2D eigenvalue weighted by molar-refractivity contribution is -0.138. The van der Waals surface area contributed by atoms with Gasteiger partial charge >= 0.3 is 5.97 Å². The van der Waals surface area contributed by atoms with Crippen LogP contribution in [-0.2, 0) is 4.79 Å². The Balaban J connectivity index is 0. The van der Waals surface area contributed by atoms with Crippen LogP contribution in [0.25, 0.3) is 0 Å². The highest BCUT2D eigenvalue weighted by Crippen LogP contribution is 1.85. The van der Waals surface area contributed by atoms with Crippen LogP contribution in [0.15, 0.2) is 0 Å². The molecular weight excluding hydrogens is 180 g/mol. The fraction of sp³-hybridized carbons (Fsp3) is 0.857. The molecular formula is C7H16O6. The fourth-order valence-corrected chi connectivity index (χ4v) is 0.310. The molecule has 0 aromatic rings. The van der Waals surface area contributed by atoms with Crippen molar-refractivity contribution in [3.05, 3.63) is 0 Å². The van der Waals surface area contributed by atoms with Crippen molar-refractivity contribution in [1.29, 1.82) is 0 Å². The predicted molar refractivity (Wildman–Crippen MR) is 44.1 cm³/mol. The maximum Gasteiger partial charge on any atom is 0.305 e. The second kappa shape index (κ2) is 9.40. The third-order valence-corrected chi connectivity index (χ3v) is 0.892. The summed E-state index contributed by atoms with van der Waals surface area (Å²) in [7, 11) is 0. The number of carboxylic acids is 1. The Labute approximate surface area is 76.1 Å². The van der Waals surface area contributed by atoms with Crippen LogP contribution in [0.4, 0.5) is 0 Å². The number of hydrogen-bond donors (Lipinski definition) is 5. The Bertz CT molecular complexity index is 120. The van der Waals surface area contributed by atoms with E-state index in [0.29, 0.717) is 0 Å². The van der Waals surface area contributed by atoms with Gasteiger partial charge in [-0.3, -0.25) is 4.79 Å². The van der Waals surface area contributed by atoms with E-state index in [1.165, 1.54) is 6.92 Å². The van der Waals surface area contributed by atoms with E-state index in [0.717, 1.165) is 0 Å². The summed E-state index contributed by atoms with van der Waals surface area (Å²) in [5.41, 5.74) is 0. The largest absolute Gasteiger partial charge is 0.481 e. The average Bonchev–Trinajstić information content (AvgIpc) is 2.01. The van der Waals surface area contributed by atoms with E-state index >= 15 is 0 Å². The molecule has 1 atom stereocenters. The van der Waals surface area contributed by atoms with Crippen LogP contribution < -0.4 is 0 Å². The molecule has 0 radical (unpaired) electrons. The molecule has 6 nitrogen and oxygen atoms in total. The molecule has 0 saturated carbocycles. The van der Waals surface area contributed by atoms with Gasteiger partial charge in [0.05, 0.1) is 25.7 Å². The summed E-state index contributed by atoms with van der Waals surface area (Å²) in [6, 6.07) is 0. The first-order valence-electron chi connectivity index (χ1n) is 3.73. The van der Waals surface area contributed by atoms with Crippen molar-refractivity contribution in [1.82, 2.24) is 0 Å². The number of rotatable bonds is 4. The maximum atomic E-state index is 9.65. The minimum Gasteiger partial charge on any atom is -0.481 e. The molecule has 0 aliphatic heterocycles. The number of aliphatic carboxylic acids is 1. The molecule has 0 aliphatic rings. The van der Waals surface area contributed by atoms with Gasteiger partial charge in [0.15, 0.2) is 0 Å². The highest BCUT2D eigenvalue weighted by molar-refractivity contribution is 5.67. The summed E-state index contributed by atoms with van der Waals surface area (Å²) < 4.78 is 0. The van der Waals surface area contributed by atoms with Gasteiger partial charge < -0.3 is 25.5 Å². The lowest BCUT2D eigenvalue weighted by atomic mass is 10.3. The first-order chi connectivity index (χ1) is 5.93. The Morgan fingerprint density at radius 2 is 1.62 bits per heavy atom. The highest BCUT2D eigenvalue weighted by Gasteiger charge is 2.00. The van der Waals surface area contributed by atoms with Gasteiger partial charge in [0.25, 0.3) is 0 Å². The number of aliphatic hydroxyl groups excluding tert-OH is 4. The van der Waals surface area contributed by atoms with Gasteiger partial charge in [-0.15, -0.1) is 0 Å². The van der Waals surface area contributed by atoms with Crippen LogP contribution in [0.1, 0.15) is 13.3 Å². The summed E-state index contributed by atoms with van der Waals surface area (Å²) in [4.78, 5) is 9.65. The quantitative estimate of drug-likeness (QED) is 0.361. The van der Waals surface area contributed by atoms with Crippen LogP contribution in [0.5, 0.6) is 0 Å². The van der Waals surface area contributed by atoms with E-state index in [9.17, 15) is 4.79 Å². The van der Waals surface area contributed by atoms with Crippen molar-refractivity contribution < 1.29 is 30.3 Å². The zero-order valence-electron chi connectivity index (χ0n) is 7.42. The second-order valence-electron chi connectivity index (χ2n) is 2.47. The first-order valence-corrected chi connectivity index (χ1v) is 3.73. The summed E-state index contributed by atoms with van der Waals surface area (Å²) in [5, 5.41) is 40.3. The molecule has 5 N–H and O–H groups in total. The predicted octanol–water partition coefficient (Wildman–Crippen LogP) is -1.83. The normalized spacial score (nSPS) is 11.8. The molecule has 6 heteroatoms. The summed E-state index contributed by atoms with van der Waals surface area (Å²) in [5.74, 6) is -0.963. The van der Waals surface area contributed by atoms with Gasteiger partial charge in [0.2, 0.25) is 0 Å². The fourth-order valence-electron chi connectivity index (χ4n) is 0.310. The minimum absolute atomic E-state index is 0.167. The Morgan fingerprint density at radius 1 is 1.23 bits per heavy atom. The molecule has 0 heterocycles. The maximum absolute atomic E-state index is 9.65.